The number of halogens is 3. The van der Waals surface area contributed by atoms with Gasteiger partial charge in [0.15, 0.2) is 5.82 Å². The van der Waals surface area contributed by atoms with Gasteiger partial charge in [0.2, 0.25) is 0 Å². The van der Waals surface area contributed by atoms with E-state index in [1.807, 2.05) is 19.1 Å². The van der Waals surface area contributed by atoms with E-state index < -0.39 is 17.6 Å². The van der Waals surface area contributed by atoms with Crippen LogP contribution in [0.15, 0.2) is 54.7 Å². The first kappa shape index (κ1) is 21.0. The zero-order valence-electron chi connectivity index (χ0n) is 16.0. The van der Waals surface area contributed by atoms with Gasteiger partial charge in [0, 0.05) is 24.8 Å². The van der Waals surface area contributed by atoms with E-state index in [1.54, 1.807) is 18.3 Å². The van der Waals surface area contributed by atoms with Gasteiger partial charge >= 0.3 is 6.18 Å². The molecular formula is C20H19F3N6O. The third-order valence-electron chi connectivity index (χ3n) is 4.00. The first-order valence-corrected chi connectivity index (χ1v) is 9.04. The molecule has 2 heterocycles. The molecule has 10 heteroatoms. The van der Waals surface area contributed by atoms with Gasteiger partial charge < -0.3 is 16.0 Å². The lowest BCUT2D eigenvalue weighted by atomic mass is 10.1. The quantitative estimate of drug-likeness (QED) is 0.508. The lowest BCUT2D eigenvalue weighted by Crippen LogP contribution is -2.29. The lowest BCUT2D eigenvalue weighted by molar-refractivity contribution is -0.137. The highest BCUT2D eigenvalue weighted by atomic mass is 19.4. The molecule has 1 amide bonds. The molecule has 3 rings (SSSR count). The molecule has 7 nitrogen and oxygen atoms in total. The maximum atomic E-state index is 12.7. The number of hydrogen-bond donors (Lipinski definition) is 3. The fraction of sp³-hybridized carbons (Fsp3) is 0.200. The molecule has 0 unspecified atom stereocenters. The molecule has 0 fully saturated rings. The van der Waals surface area contributed by atoms with E-state index in [0.717, 1.165) is 17.7 Å². The Morgan fingerprint density at radius 1 is 0.967 bits per heavy atom. The smallest absolute Gasteiger partial charge is 0.367 e. The number of anilines is 3. The third kappa shape index (κ3) is 5.90. The first-order valence-electron chi connectivity index (χ1n) is 9.04. The van der Waals surface area contributed by atoms with Gasteiger partial charge in [-0.05, 0) is 48.9 Å². The fourth-order valence-electron chi connectivity index (χ4n) is 2.47. The highest BCUT2D eigenvalue weighted by molar-refractivity contribution is 5.94. The fourth-order valence-corrected chi connectivity index (χ4v) is 2.47. The minimum atomic E-state index is -4.49. The summed E-state index contributed by atoms with van der Waals surface area (Å²) in [6.07, 6.45) is -2.76. The third-order valence-corrected chi connectivity index (χ3v) is 4.00. The van der Waals surface area contributed by atoms with Gasteiger partial charge in [-0.25, -0.2) is 4.98 Å². The molecule has 30 heavy (non-hydrogen) atoms. The van der Waals surface area contributed by atoms with Crippen LogP contribution in [0.4, 0.5) is 30.6 Å². The van der Waals surface area contributed by atoms with Gasteiger partial charge in [-0.15, -0.1) is 10.2 Å². The summed E-state index contributed by atoms with van der Waals surface area (Å²) >= 11 is 0. The Morgan fingerprint density at radius 3 is 2.37 bits per heavy atom. The average molecular weight is 416 g/mol. The van der Waals surface area contributed by atoms with Crippen molar-refractivity contribution in [3.05, 3.63) is 71.4 Å². The lowest BCUT2D eigenvalue weighted by Gasteiger charge is -2.10. The number of hydrogen-bond acceptors (Lipinski definition) is 6. The van der Waals surface area contributed by atoms with E-state index in [1.165, 1.54) is 12.1 Å². The van der Waals surface area contributed by atoms with E-state index in [9.17, 15) is 18.0 Å². The topological polar surface area (TPSA) is 91.8 Å². The number of amides is 1. The summed E-state index contributed by atoms with van der Waals surface area (Å²) in [5, 5.41) is 16.6. The summed E-state index contributed by atoms with van der Waals surface area (Å²) < 4.78 is 38.2. The van der Waals surface area contributed by atoms with Gasteiger partial charge in [0.25, 0.3) is 5.91 Å². The number of aromatic nitrogens is 3. The normalized spacial score (nSPS) is 11.1. The Morgan fingerprint density at radius 2 is 1.70 bits per heavy atom. The minimum absolute atomic E-state index is 0.0511. The van der Waals surface area contributed by atoms with E-state index in [2.05, 4.69) is 31.1 Å². The van der Waals surface area contributed by atoms with Crippen molar-refractivity contribution in [3.8, 4) is 0 Å². The van der Waals surface area contributed by atoms with Crippen LogP contribution in [0, 0.1) is 6.92 Å². The van der Waals surface area contributed by atoms with Crippen LogP contribution in [0.3, 0.4) is 0 Å². The van der Waals surface area contributed by atoms with Gasteiger partial charge in [-0.2, -0.15) is 13.2 Å². The predicted octanol–water partition coefficient (Wildman–Crippen LogP) is 3.78. The van der Waals surface area contributed by atoms with Crippen LogP contribution in [-0.2, 0) is 6.18 Å². The standard InChI is InChI=1S/C20H19F3N6O/c1-13-5-6-16(26-12-13)27-18-8-7-17(28-29-18)24-9-10-25-19(30)14-3-2-4-15(11-14)20(21,22)23/h2-8,11-12H,9-10H2,1H3,(H,24,28)(H,25,30)(H,26,27,29). The molecule has 0 spiro atoms. The summed E-state index contributed by atoms with van der Waals surface area (Å²) in [5.41, 5.74) is 0.133. The summed E-state index contributed by atoms with van der Waals surface area (Å²) in [6, 6.07) is 11.5. The Balaban J connectivity index is 1.45. The van der Waals surface area contributed by atoms with Gasteiger partial charge in [-0.1, -0.05) is 12.1 Å². The maximum Gasteiger partial charge on any atom is 0.416 e. The van der Waals surface area contributed by atoms with Crippen molar-refractivity contribution in [1.29, 1.82) is 0 Å². The number of nitrogens with zero attached hydrogens (tertiary/aromatic N) is 3. The van der Waals surface area contributed by atoms with Crippen LogP contribution in [0.1, 0.15) is 21.5 Å². The maximum absolute atomic E-state index is 12.7. The van der Waals surface area contributed by atoms with Crippen molar-refractivity contribution in [2.75, 3.05) is 23.7 Å². The van der Waals surface area contributed by atoms with Crippen molar-refractivity contribution in [1.82, 2.24) is 20.5 Å². The van der Waals surface area contributed by atoms with Crippen LogP contribution >= 0.6 is 0 Å². The average Bonchev–Trinajstić information content (AvgIpc) is 2.73. The molecule has 0 aliphatic heterocycles. The summed E-state index contributed by atoms with van der Waals surface area (Å²) in [4.78, 5) is 16.2. The minimum Gasteiger partial charge on any atom is -0.367 e. The largest absolute Gasteiger partial charge is 0.416 e. The molecule has 0 radical (unpaired) electrons. The van der Waals surface area contributed by atoms with Crippen LogP contribution in [-0.4, -0.2) is 34.2 Å². The van der Waals surface area contributed by atoms with Crippen molar-refractivity contribution in [3.63, 3.8) is 0 Å². The molecule has 2 aromatic heterocycles. The van der Waals surface area contributed by atoms with E-state index >= 15 is 0 Å². The number of carbonyl (C=O) groups excluding carboxylic acids is 1. The molecule has 3 N–H and O–H groups in total. The Labute approximate surface area is 170 Å². The summed E-state index contributed by atoms with van der Waals surface area (Å²) in [7, 11) is 0. The predicted molar refractivity (Wildman–Crippen MR) is 107 cm³/mol. The number of pyridine rings is 1. The van der Waals surface area contributed by atoms with Gasteiger partial charge in [0.05, 0.1) is 5.56 Å². The van der Waals surface area contributed by atoms with Crippen molar-refractivity contribution in [2.24, 2.45) is 0 Å². The van der Waals surface area contributed by atoms with Crippen LogP contribution < -0.4 is 16.0 Å². The molecule has 0 aliphatic rings. The Kier molecular flexibility index (Phi) is 6.45. The van der Waals surface area contributed by atoms with Crippen LogP contribution in [0.2, 0.25) is 0 Å². The molecule has 0 bridgehead atoms. The second-order valence-electron chi connectivity index (χ2n) is 6.41. The zero-order chi connectivity index (χ0) is 21.6. The molecule has 3 aromatic rings. The Bertz CT molecular complexity index is 991. The van der Waals surface area contributed by atoms with Gasteiger partial charge in [0.1, 0.15) is 11.6 Å². The highest BCUT2D eigenvalue weighted by Crippen LogP contribution is 2.29. The second kappa shape index (κ2) is 9.21. The SMILES string of the molecule is Cc1ccc(Nc2ccc(NCCNC(=O)c3cccc(C(F)(F)F)c3)nn2)nc1. The van der Waals surface area contributed by atoms with E-state index in [-0.39, 0.29) is 12.1 Å². The van der Waals surface area contributed by atoms with E-state index in [0.29, 0.717) is 24.0 Å². The Hall–Kier alpha value is -3.69. The number of benzene rings is 1. The van der Waals surface area contributed by atoms with Crippen molar-refractivity contribution >= 4 is 23.4 Å². The number of aryl methyl sites for hydroxylation is 1. The number of rotatable bonds is 7. The molecule has 0 atom stereocenters. The summed E-state index contributed by atoms with van der Waals surface area (Å²) in [6.45, 7) is 2.47. The zero-order valence-corrected chi connectivity index (χ0v) is 16.0. The molecule has 0 aliphatic carbocycles. The highest BCUT2D eigenvalue weighted by Gasteiger charge is 2.30. The molecule has 1 aromatic carbocycles. The molecule has 0 saturated carbocycles. The monoisotopic (exact) mass is 416 g/mol. The second-order valence-corrected chi connectivity index (χ2v) is 6.41. The number of carbonyl (C=O) groups is 1. The molecule has 156 valence electrons. The molecular weight excluding hydrogens is 397 g/mol. The van der Waals surface area contributed by atoms with Crippen molar-refractivity contribution in [2.45, 2.75) is 13.1 Å². The van der Waals surface area contributed by atoms with Crippen molar-refractivity contribution < 1.29 is 18.0 Å². The number of nitrogens with one attached hydrogen (secondary N) is 3. The molecule has 0 saturated heterocycles. The first-order chi connectivity index (χ1) is 14.3. The number of alkyl halides is 3. The van der Waals surface area contributed by atoms with Crippen LogP contribution in [0.25, 0.3) is 0 Å². The summed E-state index contributed by atoms with van der Waals surface area (Å²) in [5.74, 6) is 1.08. The van der Waals surface area contributed by atoms with Gasteiger partial charge in [-0.3, -0.25) is 4.79 Å². The van der Waals surface area contributed by atoms with Crippen LogP contribution in [0.5, 0.6) is 0 Å². The van der Waals surface area contributed by atoms with E-state index in [4.69, 9.17) is 0 Å².